The van der Waals surface area contributed by atoms with Crippen LogP contribution in [0.25, 0.3) is 0 Å². The van der Waals surface area contributed by atoms with E-state index in [0.717, 1.165) is 35.5 Å². The van der Waals surface area contributed by atoms with Crippen LogP contribution in [-0.4, -0.2) is 18.6 Å². The summed E-state index contributed by atoms with van der Waals surface area (Å²) in [6, 6.07) is 24.0. The van der Waals surface area contributed by atoms with Crippen LogP contribution < -0.4 is 14.8 Å². The Balaban J connectivity index is 1.68. The predicted molar refractivity (Wildman–Crippen MR) is 134 cm³/mol. The number of rotatable bonds is 11. The first kappa shape index (κ1) is 24.4. The second kappa shape index (κ2) is 12.1. The van der Waals surface area contributed by atoms with Gasteiger partial charge in [0.15, 0.2) is 0 Å². The highest BCUT2D eigenvalue weighted by molar-refractivity contribution is 5.94. The molecule has 1 atom stereocenters. The summed E-state index contributed by atoms with van der Waals surface area (Å²) in [5, 5.41) is 3.12. The van der Waals surface area contributed by atoms with Crippen LogP contribution >= 0.6 is 0 Å². The van der Waals surface area contributed by atoms with Gasteiger partial charge in [-0.1, -0.05) is 62.4 Å². The van der Waals surface area contributed by atoms with Crippen molar-refractivity contribution >= 4 is 5.91 Å². The molecule has 3 aromatic carbocycles. The number of hydrogen-bond donors (Lipinski definition) is 1. The van der Waals surface area contributed by atoms with Crippen LogP contribution in [0.1, 0.15) is 67.1 Å². The van der Waals surface area contributed by atoms with Crippen LogP contribution in [0, 0.1) is 0 Å². The lowest BCUT2D eigenvalue weighted by atomic mass is 10.0. The number of amides is 1. The molecule has 0 aliphatic carbocycles. The Morgan fingerprint density at radius 1 is 0.879 bits per heavy atom. The lowest BCUT2D eigenvalue weighted by Gasteiger charge is -2.17. The number of hydrogen-bond acceptors (Lipinski definition) is 3. The van der Waals surface area contributed by atoms with Gasteiger partial charge >= 0.3 is 0 Å². The maximum atomic E-state index is 12.9. The van der Waals surface area contributed by atoms with Crippen LogP contribution in [0.5, 0.6) is 11.5 Å². The lowest BCUT2D eigenvalue weighted by Crippen LogP contribution is -2.33. The SMILES string of the molecule is CCOc1ccc(C(=O)NC(C)CCc2ccccc2)cc1COc1ccccc1C(C)C. The number of carbonyl (C=O) groups is 1. The molecular formula is C29H35NO3. The molecule has 3 aromatic rings. The van der Waals surface area contributed by atoms with E-state index in [4.69, 9.17) is 9.47 Å². The Labute approximate surface area is 197 Å². The molecule has 0 spiro atoms. The molecule has 0 aliphatic heterocycles. The average Bonchev–Trinajstić information content (AvgIpc) is 2.83. The van der Waals surface area contributed by atoms with Crippen LogP contribution in [0.3, 0.4) is 0 Å². The highest BCUT2D eigenvalue weighted by Crippen LogP contribution is 2.28. The number of nitrogens with one attached hydrogen (secondary N) is 1. The monoisotopic (exact) mass is 445 g/mol. The van der Waals surface area contributed by atoms with Crippen molar-refractivity contribution < 1.29 is 14.3 Å². The molecule has 0 aromatic heterocycles. The molecular weight excluding hydrogens is 410 g/mol. The van der Waals surface area contributed by atoms with Gasteiger partial charge in [0.05, 0.1) is 6.61 Å². The third-order valence-corrected chi connectivity index (χ3v) is 5.63. The first-order valence-electron chi connectivity index (χ1n) is 11.8. The van der Waals surface area contributed by atoms with Gasteiger partial charge in [0, 0.05) is 17.2 Å². The summed E-state index contributed by atoms with van der Waals surface area (Å²) >= 11 is 0. The van der Waals surface area contributed by atoms with Crippen LogP contribution in [0.15, 0.2) is 72.8 Å². The molecule has 0 heterocycles. The van der Waals surface area contributed by atoms with E-state index in [-0.39, 0.29) is 11.9 Å². The van der Waals surface area contributed by atoms with Gasteiger partial charge < -0.3 is 14.8 Å². The van der Waals surface area contributed by atoms with Crippen LogP contribution in [0.4, 0.5) is 0 Å². The second-order valence-electron chi connectivity index (χ2n) is 8.64. The fraction of sp³-hybridized carbons (Fsp3) is 0.345. The molecule has 4 nitrogen and oxygen atoms in total. The zero-order chi connectivity index (χ0) is 23.6. The molecule has 0 saturated carbocycles. The molecule has 0 radical (unpaired) electrons. The van der Waals surface area contributed by atoms with E-state index in [9.17, 15) is 4.79 Å². The van der Waals surface area contributed by atoms with Crippen molar-refractivity contribution in [1.29, 1.82) is 0 Å². The fourth-order valence-electron chi connectivity index (χ4n) is 3.78. The third kappa shape index (κ3) is 7.11. The van der Waals surface area contributed by atoms with E-state index in [0.29, 0.717) is 24.7 Å². The van der Waals surface area contributed by atoms with Gasteiger partial charge in [-0.2, -0.15) is 0 Å². The Morgan fingerprint density at radius 2 is 1.61 bits per heavy atom. The first-order chi connectivity index (χ1) is 16.0. The maximum absolute atomic E-state index is 12.9. The number of benzene rings is 3. The summed E-state index contributed by atoms with van der Waals surface area (Å²) in [5.41, 5.74) is 3.91. The molecule has 1 amide bonds. The molecule has 3 rings (SSSR count). The quantitative estimate of drug-likeness (QED) is 0.365. The van der Waals surface area contributed by atoms with E-state index in [2.05, 4.69) is 37.4 Å². The standard InChI is InChI=1S/C29H35NO3/c1-5-32-27-18-17-24(29(31)30-22(4)15-16-23-11-7-6-8-12-23)19-25(27)20-33-28-14-10-9-13-26(28)21(2)3/h6-14,17-19,21-22H,5,15-16,20H2,1-4H3,(H,30,31). The number of aryl methyl sites for hydroxylation is 1. The first-order valence-corrected chi connectivity index (χ1v) is 11.8. The zero-order valence-corrected chi connectivity index (χ0v) is 20.1. The van der Waals surface area contributed by atoms with Crippen molar-refractivity contribution in [2.45, 2.75) is 59.1 Å². The molecule has 33 heavy (non-hydrogen) atoms. The van der Waals surface area contributed by atoms with Crippen molar-refractivity contribution in [3.05, 3.63) is 95.1 Å². The van der Waals surface area contributed by atoms with Gasteiger partial charge in [-0.15, -0.1) is 0 Å². The number of carbonyl (C=O) groups excluding carboxylic acids is 1. The molecule has 1 unspecified atom stereocenters. The van der Waals surface area contributed by atoms with E-state index < -0.39 is 0 Å². The second-order valence-corrected chi connectivity index (χ2v) is 8.64. The summed E-state index contributed by atoms with van der Waals surface area (Å²) in [7, 11) is 0. The van der Waals surface area contributed by atoms with Crippen LogP contribution in [-0.2, 0) is 13.0 Å². The summed E-state index contributed by atoms with van der Waals surface area (Å²) < 4.78 is 12.0. The van der Waals surface area contributed by atoms with E-state index >= 15 is 0 Å². The molecule has 0 fully saturated rings. The topological polar surface area (TPSA) is 47.6 Å². The van der Waals surface area contributed by atoms with Crippen molar-refractivity contribution in [2.75, 3.05) is 6.61 Å². The highest BCUT2D eigenvalue weighted by Gasteiger charge is 2.15. The number of para-hydroxylation sites is 1. The summed E-state index contributed by atoms with van der Waals surface area (Å²) in [4.78, 5) is 12.9. The summed E-state index contributed by atoms with van der Waals surface area (Å²) in [6.45, 7) is 9.19. The highest BCUT2D eigenvalue weighted by atomic mass is 16.5. The fourth-order valence-corrected chi connectivity index (χ4v) is 3.78. The molecule has 4 heteroatoms. The van der Waals surface area contributed by atoms with Crippen LogP contribution in [0.2, 0.25) is 0 Å². The Bertz CT molecular complexity index is 1030. The largest absolute Gasteiger partial charge is 0.493 e. The summed E-state index contributed by atoms with van der Waals surface area (Å²) in [5.74, 6) is 1.89. The lowest BCUT2D eigenvalue weighted by molar-refractivity contribution is 0.0938. The van der Waals surface area contributed by atoms with Gasteiger partial charge in [0.1, 0.15) is 18.1 Å². The van der Waals surface area contributed by atoms with Crippen molar-refractivity contribution in [2.24, 2.45) is 0 Å². The van der Waals surface area contributed by atoms with Crippen molar-refractivity contribution in [1.82, 2.24) is 5.32 Å². The molecule has 0 bridgehead atoms. The molecule has 0 saturated heterocycles. The van der Waals surface area contributed by atoms with E-state index in [1.165, 1.54) is 5.56 Å². The van der Waals surface area contributed by atoms with E-state index in [1.807, 2.05) is 68.4 Å². The average molecular weight is 446 g/mol. The summed E-state index contributed by atoms with van der Waals surface area (Å²) in [6.07, 6.45) is 1.81. The van der Waals surface area contributed by atoms with Gasteiger partial charge in [-0.25, -0.2) is 0 Å². The molecule has 0 aliphatic rings. The van der Waals surface area contributed by atoms with Gasteiger partial charge in [-0.3, -0.25) is 4.79 Å². The smallest absolute Gasteiger partial charge is 0.251 e. The Morgan fingerprint density at radius 3 is 2.33 bits per heavy atom. The number of ether oxygens (including phenoxy) is 2. The molecule has 174 valence electrons. The van der Waals surface area contributed by atoms with Gasteiger partial charge in [0.2, 0.25) is 0 Å². The van der Waals surface area contributed by atoms with Gasteiger partial charge in [0.25, 0.3) is 5.91 Å². The van der Waals surface area contributed by atoms with Gasteiger partial charge in [-0.05, 0) is 68.0 Å². The van der Waals surface area contributed by atoms with Crippen molar-refractivity contribution in [3.8, 4) is 11.5 Å². The predicted octanol–water partition coefficient (Wildman–Crippen LogP) is 6.54. The minimum absolute atomic E-state index is 0.0712. The minimum atomic E-state index is -0.0811. The molecule has 1 N–H and O–H groups in total. The Kier molecular flexibility index (Phi) is 8.94. The third-order valence-electron chi connectivity index (χ3n) is 5.63. The minimum Gasteiger partial charge on any atom is -0.493 e. The zero-order valence-electron chi connectivity index (χ0n) is 20.1. The van der Waals surface area contributed by atoms with E-state index in [1.54, 1.807) is 0 Å². The Hall–Kier alpha value is -3.27. The van der Waals surface area contributed by atoms with Crippen molar-refractivity contribution in [3.63, 3.8) is 0 Å². The maximum Gasteiger partial charge on any atom is 0.251 e. The normalized spacial score (nSPS) is 11.8.